The highest BCUT2D eigenvalue weighted by molar-refractivity contribution is 6.32. The summed E-state index contributed by atoms with van der Waals surface area (Å²) in [6.07, 6.45) is 3.35. The second kappa shape index (κ2) is 6.07. The monoisotopic (exact) mass is 292 g/mol. The summed E-state index contributed by atoms with van der Waals surface area (Å²) < 4.78 is 1.53. The Morgan fingerprint density at radius 2 is 2.20 bits per heavy atom. The van der Waals surface area contributed by atoms with Crippen LogP contribution in [0.5, 0.6) is 0 Å². The van der Waals surface area contributed by atoms with Gasteiger partial charge in [0.15, 0.2) is 0 Å². The first-order chi connectivity index (χ1) is 9.51. The van der Waals surface area contributed by atoms with Crippen molar-refractivity contribution >= 4 is 17.5 Å². The standard InChI is InChI=1S/C14H17ClN4O/c1-2-10(16)7-9-3-4-13(11(15)8-9)19-6-5-12(18-19)14(17)20/h3-6,8,10H,2,7,16H2,1H3,(H2,17,20). The van der Waals surface area contributed by atoms with E-state index in [4.69, 9.17) is 23.1 Å². The molecule has 2 rings (SSSR count). The predicted octanol–water partition coefficient (Wildman–Crippen LogP) is 1.90. The summed E-state index contributed by atoms with van der Waals surface area (Å²) in [6.45, 7) is 2.05. The van der Waals surface area contributed by atoms with Crippen LogP contribution in [0.3, 0.4) is 0 Å². The van der Waals surface area contributed by atoms with E-state index in [1.165, 1.54) is 4.68 Å². The van der Waals surface area contributed by atoms with Gasteiger partial charge in [-0.25, -0.2) is 4.68 Å². The fourth-order valence-corrected chi connectivity index (χ4v) is 2.19. The number of hydrogen-bond acceptors (Lipinski definition) is 3. The minimum absolute atomic E-state index is 0.128. The van der Waals surface area contributed by atoms with Gasteiger partial charge in [-0.15, -0.1) is 0 Å². The zero-order valence-electron chi connectivity index (χ0n) is 11.2. The van der Waals surface area contributed by atoms with E-state index in [1.54, 1.807) is 12.3 Å². The van der Waals surface area contributed by atoms with Gasteiger partial charge in [-0.3, -0.25) is 4.79 Å². The van der Waals surface area contributed by atoms with E-state index in [0.29, 0.717) is 10.7 Å². The van der Waals surface area contributed by atoms with Crippen LogP contribution in [0, 0.1) is 0 Å². The maximum atomic E-state index is 11.0. The van der Waals surface area contributed by atoms with Crippen LogP contribution >= 0.6 is 11.6 Å². The lowest BCUT2D eigenvalue weighted by molar-refractivity contribution is 0.0995. The molecule has 0 saturated heterocycles. The number of hydrogen-bond donors (Lipinski definition) is 2. The Morgan fingerprint density at radius 3 is 2.75 bits per heavy atom. The predicted molar refractivity (Wildman–Crippen MR) is 79.1 cm³/mol. The number of aromatic nitrogens is 2. The number of carbonyl (C=O) groups is 1. The lowest BCUT2D eigenvalue weighted by Crippen LogP contribution is -2.21. The number of amides is 1. The van der Waals surface area contributed by atoms with Gasteiger partial charge >= 0.3 is 0 Å². The van der Waals surface area contributed by atoms with Crippen molar-refractivity contribution in [1.29, 1.82) is 0 Å². The minimum Gasteiger partial charge on any atom is -0.364 e. The molecule has 0 radical (unpaired) electrons. The van der Waals surface area contributed by atoms with Gasteiger partial charge in [0.05, 0.1) is 10.7 Å². The van der Waals surface area contributed by atoms with Crippen LogP contribution in [0.2, 0.25) is 5.02 Å². The summed E-state index contributed by atoms with van der Waals surface area (Å²) >= 11 is 6.26. The number of nitrogens with zero attached hydrogens (tertiary/aromatic N) is 2. The minimum atomic E-state index is -0.564. The van der Waals surface area contributed by atoms with Crippen LogP contribution in [0.25, 0.3) is 5.69 Å². The first-order valence-electron chi connectivity index (χ1n) is 6.41. The molecule has 1 aromatic carbocycles. The average molecular weight is 293 g/mol. The first-order valence-corrected chi connectivity index (χ1v) is 6.79. The van der Waals surface area contributed by atoms with E-state index in [9.17, 15) is 4.79 Å². The molecule has 2 aromatic rings. The molecule has 6 heteroatoms. The molecule has 4 N–H and O–H groups in total. The first kappa shape index (κ1) is 14.6. The van der Waals surface area contributed by atoms with Crippen molar-refractivity contribution in [2.75, 3.05) is 0 Å². The van der Waals surface area contributed by atoms with Crippen molar-refractivity contribution in [2.45, 2.75) is 25.8 Å². The molecule has 0 spiro atoms. The zero-order valence-corrected chi connectivity index (χ0v) is 12.0. The highest BCUT2D eigenvalue weighted by atomic mass is 35.5. The van der Waals surface area contributed by atoms with E-state index < -0.39 is 5.91 Å². The molecule has 1 atom stereocenters. The SMILES string of the molecule is CCC(N)Cc1ccc(-n2ccc(C(N)=O)n2)c(Cl)c1. The van der Waals surface area contributed by atoms with Gasteiger partial charge in [0, 0.05) is 12.2 Å². The van der Waals surface area contributed by atoms with Crippen molar-refractivity contribution in [1.82, 2.24) is 9.78 Å². The van der Waals surface area contributed by atoms with Gasteiger partial charge < -0.3 is 11.5 Å². The number of carbonyl (C=O) groups excluding carboxylic acids is 1. The molecule has 0 fully saturated rings. The van der Waals surface area contributed by atoms with E-state index in [2.05, 4.69) is 12.0 Å². The van der Waals surface area contributed by atoms with Crippen LogP contribution in [-0.2, 0) is 6.42 Å². The van der Waals surface area contributed by atoms with Crippen LogP contribution in [0.4, 0.5) is 0 Å². The fourth-order valence-electron chi connectivity index (χ4n) is 1.90. The summed E-state index contributed by atoms with van der Waals surface area (Å²) in [5.41, 5.74) is 13.1. The molecule has 106 valence electrons. The van der Waals surface area contributed by atoms with Crippen LogP contribution in [-0.4, -0.2) is 21.7 Å². The maximum Gasteiger partial charge on any atom is 0.269 e. The molecule has 0 bridgehead atoms. The number of primary amides is 1. The number of nitrogens with two attached hydrogens (primary N) is 2. The van der Waals surface area contributed by atoms with Crippen LogP contribution in [0.15, 0.2) is 30.5 Å². The smallest absolute Gasteiger partial charge is 0.269 e. The summed E-state index contributed by atoms with van der Waals surface area (Å²) in [6, 6.07) is 7.38. The Balaban J connectivity index is 2.26. The highest BCUT2D eigenvalue weighted by Gasteiger charge is 2.10. The van der Waals surface area contributed by atoms with Gasteiger partial charge in [-0.1, -0.05) is 24.6 Å². The number of rotatable bonds is 5. The average Bonchev–Trinajstić information content (AvgIpc) is 2.88. The molecular weight excluding hydrogens is 276 g/mol. The molecule has 1 heterocycles. The summed E-state index contributed by atoms with van der Waals surface area (Å²) in [5.74, 6) is -0.564. The molecule has 1 unspecified atom stereocenters. The fraction of sp³-hybridized carbons (Fsp3) is 0.286. The third-order valence-electron chi connectivity index (χ3n) is 3.12. The second-order valence-electron chi connectivity index (χ2n) is 4.67. The molecule has 1 amide bonds. The van der Waals surface area contributed by atoms with Crippen molar-refractivity contribution in [3.05, 3.63) is 46.7 Å². The van der Waals surface area contributed by atoms with Crippen LogP contribution < -0.4 is 11.5 Å². The largest absolute Gasteiger partial charge is 0.364 e. The van der Waals surface area contributed by atoms with Crippen molar-refractivity contribution < 1.29 is 4.79 Å². The Labute approximate surface area is 122 Å². The number of halogens is 1. The molecule has 0 aliphatic carbocycles. The summed E-state index contributed by atoms with van der Waals surface area (Å²) in [4.78, 5) is 11.0. The normalized spacial score (nSPS) is 12.3. The van der Waals surface area contributed by atoms with Crippen LogP contribution in [0.1, 0.15) is 29.4 Å². The van der Waals surface area contributed by atoms with E-state index in [1.807, 2.05) is 18.2 Å². The lowest BCUT2D eigenvalue weighted by atomic mass is 10.0. The van der Waals surface area contributed by atoms with Gasteiger partial charge in [0.1, 0.15) is 5.69 Å². The van der Waals surface area contributed by atoms with Crippen molar-refractivity contribution in [3.63, 3.8) is 0 Å². The topological polar surface area (TPSA) is 86.9 Å². The molecule has 20 heavy (non-hydrogen) atoms. The zero-order chi connectivity index (χ0) is 14.7. The van der Waals surface area contributed by atoms with Crippen molar-refractivity contribution in [3.8, 4) is 5.69 Å². The molecule has 0 aliphatic heterocycles. The Morgan fingerprint density at radius 1 is 1.45 bits per heavy atom. The molecule has 0 saturated carbocycles. The Kier molecular flexibility index (Phi) is 4.42. The maximum absolute atomic E-state index is 11.0. The van der Waals surface area contributed by atoms with Crippen molar-refractivity contribution in [2.24, 2.45) is 11.5 Å². The molecule has 5 nitrogen and oxygen atoms in total. The van der Waals surface area contributed by atoms with Gasteiger partial charge in [-0.05, 0) is 36.6 Å². The van der Waals surface area contributed by atoms with Gasteiger partial charge in [0.25, 0.3) is 5.91 Å². The lowest BCUT2D eigenvalue weighted by Gasteiger charge is -2.11. The molecule has 0 aliphatic rings. The quantitative estimate of drug-likeness (QED) is 0.882. The van der Waals surface area contributed by atoms with Gasteiger partial charge in [0.2, 0.25) is 0 Å². The van der Waals surface area contributed by atoms with E-state index in [-0.39, 0.29) is 11.7 Å². The second-order valence-corrected chi connectivity index (χ2v) is 5.08. The Bertz CT molecular complexity index is 623. The molecule has 1 aromatic heterocycles. The summed E-state index contributed by atoms with van der Waals surface area (Å²) in [5, 5.41) is 4.64. The van der Waals surface area contributed by atoms with E-state index in [0.717, 1.165) is 18.4 Å². The molecular formula is C14H17ClN4O. The summed E-state index contributed by atoms with van der Waals surface area (Å²) in [7, 11) is 0. The third kappa shape index (κ3) is 3.18. The van der Waals surface area contributed by atoms with Gasteiger partial charge in [-0.2, -0.15) is 5.10 Å². The third-order valence-corrected chi connectivity index (χ3v) is 3.43. The Hall–Kier alpha value is -1.85. The van der Waals surface area contributed by atoms with E-state index >= 15 is 0 Å². The highest BCUT2D eigenvalue weighted by Crippen LogP contribution is 2.22. The number of benzene rings is 1.